The predicted octanol–water partition coefficient (Wildman–Crippen LogP) is 2.56. The molecule has 3 aliphatic rings. The Kier molecular flexibility index (Phi) is 5.08. The second-order valence-electron chi connectivity index (χ2n) is 7.72. The summed E-state index contributed by atoms with van der Waals surface area (Å²) in [5.41, 5.74) is 8.10. The number of aliphatic hydroxyl groups excluding tert-OH is 1. The van der Waals surface area contributed by atoms with Gasteiger partial charge < -0.3 is 16.2 Å². The van der Waals surface area contributed by atoms with E-state index in [1.54, 1.807) is 11.8 Å². The molecule has 1 aliphatic carbocycles. The van der Waals surface area contributed by atoms with Crippen molar-refractivity contribution in [2.24, 2.45) is 17.6 Å². The number of fused-ring (bicyclic) bond motifs is 3. The molecule has 8 atom stereocenters. The number of amides is 1. The van der Waals surface area contributed by atoms with Crippen molar-refractivity contribution in [1.82, 2.24) is 5.32 Å². The molecule has 26 heavy (non-hydrogen) atoms. The van der Waals surface area contributed by atoms with Gasteiger partial charge >= 0.3 is 0 Å². The molecule has 4 nitrogen and oxygen atoms in total. The number of allylic oxidation sites excluding steroid dienone is 1. The van der Waals surface area contributed by atoms with E-state index < -0.39 is 6.10 Å². The number of rotatable bonds is 3. The Morgan fingerprint density at radius 3 is 2.81 bits per heavy atom. The van der Waals surface area contributed by atoms with Gasteiger partial charge in [-0.1, -0.05) is 37.3 Å². The van der Waals surface area contributed by atoms with E-state index in [2.05, 4.69) is 42.6 Å². The number of aliphatic hydroxyl groups is 1. The zero-order valence-electron chi connectivity index (χ0n) is 14.7. The number of thioether (sulfide) groups is 1. The lowest BCUT2D eigenvalue weighted by molar-refractivity contribution is -0.126. The Morgan fingerprint density at radius 2 is 2.12 bits per heavy atom. The number of carbonyl (C=O) groups is 1. The van der Waals surface area contributed by atoms with Crippen molar-refractivity contribution in [3.05, 3.63) is 46.9 Å². The highest BCUT2D eigenvalue weighted by atomic mass is 35.5. The Morgan fingerprint density at radius 1 is 1.38 bits per heavy atom. The molecule has 2 aliphatic heterocycles. The highest BCUT2D eigenvalue weighted by Crippen LogP contribution is 2.51. The third-order valence-corrected chi connectivity index (χ3v) is 7.82. The van der Waals surface area contributed by atoms with Gasteiger partial charge in [0.15, 0.2) is 0 Å². The lowest BCUT2D eigenvalue weighted by Gasteiger charge is -2.50. The maximum Gasteiger partial charge on any atom is 0.234 e. The Balaban J connectivity index is 1.69. The standard InChI is InChI=1S/C20H25ClN2O2S/c1-10(9-22)11-2-4-12(5-3-11)16-15(24)8-14(21)18-17(16)13-6-7-26-19(13)20(25)23-18/h2-7,10,13-19,24H,8-9,22H2,1H3,(H,23,25)/t10-,13?,14?,15?,16?,17?,18?,19?/m0/s1. The molecule has 1 aromatic carbocycles. The van der Waals surface area contributed by atoms with Gasteiger partial charge in [-0.25, -0.2) is 0 Å². The third kappa shape index (κ3) is 2.99. The molecule has 140 valence electrons. The van der Waals surface area contributed by atoms with E-state index in [9.17, 15) is 9.90 Å². The number of benzene rings is 1. The maximum atomic E-state index is 12.4. The summed E-state index contributed by atoms with van der Waals surface area (Å²) in [6.07, 6.45) is 2.11. The maximum absolute atomic E-state index is 12.4. The molecule has 0 radical (unpaired) electrons. The van der Waals surface area contributed by atoms with E-state index in [1.807, 2.05) is 5.41 Å². The Hall–Kier alpha value is -1.01. The van der Waals surface area contributed by atoms with Crippen molar-refractivity contribution >= 4 is 29.3 Å². The third-order valence-electron chi connectivity index (χ3n) is 6.23. The summed E-state index contributed by atoms with van der Waals surface area (Å²) in [6.45, 7) is 2.72. The van der Waals surface area contributed by atoms with Crippen molar-refractivity contribution in [2.45, 2.75) is 48.0 Å². The van der Waals surface area contributed by atoms with Gasteiger partial charge in [0, 0.05) is 17.9 Å². The lowest BCUT2D eigenvalue weighted by Crippen LogP contribution is -2.63. The van der Waals surface area contributed by atoms with Crippen LogP contribution in [0.15, 0.2) is 35.7 Å². The van der Waals surface area contributed by atoms with Crippen LogP contribution >= 0.6 is 23.4 Å². The van der Waals surface area contributed by atoms with Crippen LogP contribution < -0.4 is 11.1 Å². The van der Waals surface area contributed by atoms with Crippen molar-refractivity contribution in [1.29, 1.82) is 0 Å². The average molecular weight is 393 g/mol. The predicted molar refractivity (Wildman–Crippen MR) is 106 cm³/mol. The highest BCUT2D eigenvalue weighted by molar-refractivity contribution is 8.03. The van der Waals surface area contributed by atoms with Gasteiger partial charge in [0.1, 0.15) is 0 Å². The molecule has 2 fully saturated rings. The molecule has 1 saturated heterocycles. The van der Waals surface area contributed by atoms with Crippen LogP contribution in [0.3, 0.4) is 0 Å². The number of nitrogens with one attached hydrogen (secondary N) is 1. The highest BCUT2D eigenvalue weighted by Gasteiger charge is 2.54. The molecule has 7 unspecified atom stereocenters. The summed E-state index contributed by atoms with van der Waals surface area (Å²) in [6, 6.07) is 8.33. The summed E-state index contributed by atoms with van der Waals surface area (Å²) >= 11 is 8.13. The molecule has 2 heterocycles. The topological polar surface area (TPSA) is 75.3 Å². The largest absolute Gasteiger partial charge is 0.392 e. The summed E-state index contributed by atoms with van der Waals surface area (Å²) in [5, 5.41) is 15.7. The summed E-state index contributed by atoms with van der Waals surface area (Å²) < 4.78 is 0. The number of alkyl halides is 1. The van der Waals surface area contributed by atoms with Crippen molar-refractivity contribution in [2.75, 3.05) is 6.54 Å². The van der Waals surface area contributed by atoms with Crippen molar-refractivity contribution < 1.29 is 9.90 Å². The van der Waals surface area contributed by atoms with E-state index in [0.29, 0.717) is 18.9 Å². The Bertz CT molecular complexity index is 710. The van der Waals surface area contributed by atoms with Crippen LogP contribution in [-0.2, 0) is 4.79 Å². The minimum Gasteiger partial charge on any atom is -0.392 e. The molecule has 0 aromatic heterocycles. The van der Waals surface area contributed by atoms with Crippen LogP contribution in [0.1, 0.15) is 36.3 Å². The SMILES string of the molecule is C[C@@H](CN)c1ccc(C2C(O)CC(Cl)C3NC(=O)C4SC=CC4C32)cc1. The minimum atomic E-state index is -0.508. The van der Waals surface area contributed by atoms with Gasteiger partial charge in [0.2, 0.25) is 5.91 Å². The van der Waals surface area contributed by atoms with E-state index >= 15 is 0 Å². The second-order valence-corrected chi connectivity index (χ2v) is 9.34. The zero-order chi connectivity index (χ0) is 18.4. The van der Waals surface area contributed by atoms with Crippen LogP contribution in [0.25, 0.3) is 0 Å². The fraction of sp³-hybridized carbons (Fsp3) is 0.550. The fourth-order valence-corrected chi connectivity index (χ4v) is 6.26. The number of carbonyl (C=O) groups excluding carboxylic acids is 1. The van der Waals surface area contributed by atoms with E-state index in [-0.39, 0.29) is 40.3 Å². The molecule has 4 N–H and O–H groups in total. The first-order chi connectivity index (χ1) is 12.5. The number of hydrogen-bond acceptors (Lipinski definition) is 4. The number of halogens is 1. The fourth-order valence-electron chi connectivity index (χ4n) is 4.76. The van der Waals surface area contributed by atoms with Gasteiger partial charge in [-0.3, -0.25) is 4.79 Å². The normalized spacial score (nSPS) is 39.8. The summed E-state index contributed by atoms with van der Waals surface area (Å²) in [5.74, 6) is 0.566. The number of piperidine rings is 1. The molecule has 1 aromatic rings. The number of hydrogen-bond donors (Lipinski definition) is 3. The van der Waals surface area contributed by atoms with Gasteiger partial charge in [-0.15, -0.1) is 23.4 Å². The Labute approximate surface area is 163 Å². The summed E-state index contributed by atoms with van der Waals surface area (Å²) in [4.78, 5) is 12.4. The van der Waals surface area contributed by atoms with E-state index in [1.165, 1.54) is 5.56 Å². The smallest absolute Gasteiger partial charge is 0.234 e. The van der Waals surface area contributed by atoms with Crippen LogP contribution in [0.2, 0.25) is 0 Å². The second kappa shape index (κ2) is 7.19. The first kappa shape index (κ1) is 18.4. The van der Waals surface area contributed by atoms with Crippen LogP contribution in [0, 0.1) is 11.8 Å². The lowest BCUT2D eigenvalue weighted by atomic mass is 9.63. The minimum absolute atomic E-state index is 0.0336. The molecule has 0 spiro atoms. The van der Waals surface area contributed by atoms with Crippen LogP contribution in [0.4, 0.5) is 0 Å². The van der Waals surface area contributed by atoms with E-state index in [0.717, 1.165) is 5.56 Å². The quantitative estimate of drug-likeness (QED) is 0.691. The first-order valence-corrected chi connectivity index (χ1v) is 10.6. The molecular formula is C20H25ClN2O2S. The van der Waals surface area contributed by atoms with Crippen LogP contribution in [-0.4, -0.2) is 40.3 Å². The first-order valence-electron chi connectivity index (χ1n) is 9.26. The van der Waals surface area contributed by atoms with Gasteiger partial charge in [-0.05, 0) is 41.3 Å². The van der Waals surface area contributed by atoms with Gasteiger partial charge in [-0.2, -0.15) is 0 Å². The molecule has 1 saturated carbocycles. The van der Waals surface area contributed by atoms with Crippen molar-refractivity contribution in [3.63, 3.8) is 0 Å². The van der Waals surface area contributed by atoms with Crippen LogP contribution in [0.5, 0.6) is 0 Å². The molecule has 6 heteroatoms. The molecule has 0 bridgehead atoms. The monoisotopic (exact) mass is 392 g/mol. The molecular weight excluding hydrogens is 368 g/mol. The van der Waals surface area contributed by atoms with E-state index in [4.69, 9.17) is 17.3 Å². The zero-order valence-corrected chi connectivity index (χ0v) is 16.3. The van der Waals surface area contributed by atoms with Crippen molar-refractivity contribution in [3.8, 4) is 0 Å². The summed E-state index contributed by atoms with van der Waals surface area (Å²) in [7, 11) is 0. The number of nitrogens with two attached hydrogens (primary N) is 1. The average Bonchev–Trinajstić information content (AvgIpc) is 3.13. The molecule has 1 amide bonds. The van der Waals surface area contributed by atoms with Gasteiger partial charge in [0.25, 0.3) is 0 Å². The molecule has 4 rings (SSSR count). The van der Waals surface area contributed by atoms with Gasteiger partial charge in [0.05, 0.1) is 16.7 Å².